The standard InChI is InChI=1S/C13H21N3O2/c1-3-16(4-2)10-11(8-14)13(17)15-9-12-6-5-7-18-12/h10,12H,3-7,9H2,1-2H3,(H,15,17)/b11-10-. The van der Waals surface area contributed by atoms with E-state index < -0.39 is 0 Å². The molecule has 1 unspecified atom stereocenters. The minimum Gasteiger partial charge on any atom is -0.377 e. The van der Waals surface area contributed by atoms with Crippen LogP contribution in [0.2, 0.25) is 0 Å². The summed E-state index contributed by atoms with van der Waals surface area (Å²) in [5.41, 5.74) is 0.150. The normalized spacial score (nSPS) is 19.4. The fraction of sp³-hybridized carbons (Fsp3) is 0.692. The van der Waals surface area contributed by atoms with Crippen LogP contribution in [-0.4, -0.2) is 43.2 Å². The number of nitriles is 1. The van der Waals surface area contributed by atoms with E-state index in [4.69, 9.17) is 10.00 Å². The van der Waals surface area contributed by atoms with Crippen molar-refractivity contribution in [2.24, 2.45) is 0 Å². The molecule has 0 saturated carbocycles. The summed E-state index contributed by atoms with van der Waals surface area (Å²) in [6.45, 7) is 6.77. The van der Waals surface area contributed by atoms with Crippen LogP contribution in [0.4, 0.5) is 0 Å². The highest BCUT2D eigenvalue weighted by atomic mass is 16.5. The van der Waals surface area contributed by atoms with E-state index in [9.17, 15) is 4.79 Å². The Morgan fingerprint density at radius 2 is 2.28 bits per heavy atom. The molecule has 0 spiro atoms. The Hall–Kier alpha value is -1.54. The number of hydrogen-bond donors (Lipinski definition) is 1. The maximum absolute atomic E-state index is 11.8. The third kappa shape index (κ3) is 4.38. The molecule has 0 aromatic carbocycles. The zero-order chi connectivity index (χ0) is 13.4. The number of nitrogens with one attached hydrogen (secondary N) is 1. The molecule has 18 heavy (non-hydrogen) atoms. The number of carbonyl (C=O) groups excluding carboxylic acids is 1. The Labute approximate surface area is 108 Å². The monoisotopic (exact) mass is 251 g/mol. The van der Waals surface area contributed by atoms with Gasteiger partial charge in [0.1, 0.15) is 11.6 Å². The molecule has 1 aliphatic rings. The fourth-order valence-corrected chi connectivity index (χ4v) is 1.83. The van der Waals surface area contributed by atoms with Gasteiger partial charge >= 0.3 is 0 Å². The van der Waals surface area contributed by atoms with Crippen molar-refractivity contribution in [3.63, 3.8) is 0 Å². The summed E-state index contributed by atoms with van der Waals surface area (Å²) in [6, 6.07) is 1.94. The zero-order valence-corrected chi connectivity index (χ0v) is 11.1. The van der Waals surface area contributed by atoms with Crippen LogP contribution in [-0.2, 0) is 9.53 Å². The van der Waals surface area contributed by atoms with Gasteiger partial charge in [0.2, 0.25) is 0 Å². The van der Waals surface area contributed by atoms with Crippen LogP contribution in [0.25, 0.3) is 0 Å². The first-order valence-corrected chi connectivity index (χ1v) is 6.47. The van der Waals surface area contributed by atoms with E-state index in [1.54, 1.807) is 6.20 Å². The van der Waals surface area contributed by atoms with Crippen molar-refractivity contribution in [1.82, 2.24) is 10.2 Å². The highest BCUT2D eigenvalue weighted by molar-refractivity contribution is 5.97. The van der Waals surface area contributed by atoms with Crippen molar-refractivity contribution in [2.75, 3.05) is 26.2 Å². The van der Waals surface area contributed by atoms with Crippen LogP contribution in [0.3, 0.4) is 0 Å². The minimum atomic E-state index is -0.320. The molecule has 5 nitrogen and oxygen atoms in total. The van der Waals surface area contributed by atoms with Crippen molar-refractivity contribution in [1.29, 1.82) is 5.26 Å². The molecule has 0 aromatic rings. The van der Waals surface area contributed by atoms with Gasteiger partial charge in [-0.25, -0.2) is 0 Å². The molecule has 0 aliphatic carbocycles. The molecule has 0 aromatic heterocycles. The van der Waals surface area contributed by atoms with Crippen molar-refractivity contribution in [3.8, 4) is 6.07 Å². The topological polar surface area (TPSA) is 65.4 Å². The first kappa shape index (κ1) is 14.5. The van der Waals surface area contributed by atoms with Gasteiger partial charge in [-0.3, -0.25) is 4.79 Å². The van der Waals surface area contributed by atoms with E-state index in [-0.39, 0.29) is 17.6 Å². The molecule has 0 radical (unpaired) electrons. The van der Waals surface area contributed by atoms with E-state index in [0.29, 0.717) is 6.54 Å². The quantitative estimate of drug-likeness (QED) is 0.565. The van der Waals surface area contributed by atoms with Gasteiger partial charge < -0.3 is 15.0 Å². The molecule has 100 valence electrons. The van der Waals surface area contributed by atoms with Gasteiger partial charge in [-0.05, 0) is 26.7 Å². The lowest BCUT2D eigenvalue weighted by Crippen LogP contribution is -2.33. The van der Waals surface area contributed by atoms with E-state index in [1.807, 2.05) is 24.8 Å². The van der Waals surface area contributed by atoms with Gasteiger partial charge in [0.15, 0.2) is 0 Å². The number of amides is 1. The number of carbonyl (C=O) groups is 1. The summed E-state index contributed by atoms with van der Waals surface area (Å²) in [7, 11) is 0. The SMILES string of the molecule is CCN(/C=C(/C#N)C(=O)NCC1CCCO1)CC. The summed E-state index contributed by atoms with van der Waals surface area (Å²) >= 11 is 0. The summed E-state index contributed by atoms with van der Waals surface area (Å²) in [5, 5.41) is 11.7. The second kappa shape index (κ2) is 7.72. The Kier molecular flexibility index (Phi) is 6.23. The first-order valence-electron chi connectivity index (χ1n) is 6.47. The third-order valence-electron chi connectivity index (χ3n) is 3.00. The van der Waals surface area contributed by atoms with Gasteiger partial charge in [0.05, 0.1) is 6.10 Å². The Morgan fingerprint density at radius 1 is 1.56 bits per heavy atom. The van der Waals surface area contributed by atoms with Gasteiger partial charge in [-0.1, -0.05) is 0 Å². The van der Waals surface area contributed by atoms with Crippen molar-refractivity contribution in [3.05, 3.63) is 11.8 Å². The van der Waals surface area contributed by atoms with Crippen molar-refractivity contribution < 1.29 is 9.53 Å². The molecule has 1 amide bonds. The van der Waals surface area contributed by atoms with Gasteiger partial charge in [0.25, 0.3) is 5.91 Å². The van der Waals surface area contributed by atoms with Gasteiger partial charge in [-0.2, -0.15) is 5.26 Å². The summed E-state index contributed by atoms with van der Waals surface area (Å²) in [6.07, 6.45) is 3.73. The second-order valence-electron chi connectivity index (χ2n) is 4.22. The number of nitrogens with zero attached hydrogens (tertiary/aromatic N) is 2. The van der Waals surface area contributed by atoms with Crippen LogP contribution in [0.1, 0.15) is 26.7 Å². The molecular formula is C13H21N3O2. The zero-order valence-electron chi connectivity index (χ0n) is 11.1. The largest absolute Gasteiger partial charge is 0.377 e. The summed E-state index contributed by atoms with van der Waals surface area (Å²) < 4.78 is 5.41. The molecule has 1 fully saturated rings. The lowest BCUT2D eigenvalue weighted by atomic mass is 10.2. The Balaban J connectivity index is 2.48. The molecular weight excluding hydrogens is 230 g/mol. The predicted molar refractivity (Wildman–Crippen MR) is 68.6 cm³/mol. The Morgan fingerprint density at radius 3 is 2.78 bits per heavy atom. The van der Waals surface area contributed by atoms with Gasteiger partial charge in [-0.15, -0.1) is 0 Å². The van der Waals surface area contributed by atoms with E-state index in [2.05, 4.69) is 5.32 Å². The van der Waals surface area contributed by atoms with Crippen molar-refractivity contribution in [2.45, 2.75) is 32.8 Å². The summed E-state index contributed by atoms with van der Waals surface area (Å²) in [4.78, 5) is 13.7. The maximum atomic E-state index is 11.8. The lowest BCUT2D eigenvalue weighted by Gasteiger charge is -2.16. The minimum absolute atomic E-state index is 0.0994. The highest BCUT2D eigenvalue weighted by Gasteiger charge is 2.17. The summed E-state index contributed by atoms with van der Waals surface area (Å²) in [5.74, 6) is -0.320. The fourth-order valence-electron chi connectivity index (χ4n) is 1.83. The number of ether oxygens (including phenoxy) is 1. The predicted octanol–water partition coefficient (Wildman–Crippen LogP) is 1.03. The molecule has 1 N–H and O–H groups in total. The highest BCUT2D eigenvalue weighted by Crippen LogP contribution is 2.10. The van der Waals surface area contributed by atoms with Crippen LogP contribution in [0.5, 0.6) is 0 Å². The second-order valence-corrected chi connectivity index (χ2v) is 4.22. The molecule has 1 aliphatic heterocycles. The van der Waals surface area contributed by atoms with E-state index in [1.165, 1.54) is 0 Å². The smallest absolute Gasteiger partial charge is 0.263 e. The molecule has 1 heterocycles. The lowest BCUT2D eigenvalue weighted by molar-refractivity contribution is -0.117. The molecule has 0 bridgehead atoms. The molecule has 1 saturated heterocycles. The van der Waals surface area contributed by atoms with Gasteiger partial charge in [0, 0.05) is 32.4 Å². The van der Waals surface area contributed by atoms with Crippen molar-refractivity contribution >= 4 is 5.91 Å². The number of hydrogen-bond acceptors (Lipinski definition) is 4. The third-order valence-corrected chi connectivity index (χ3v) is 3.00. The van der Waals surface area contributed by atoms with E-state index in [0.717, 1.165) is 32.5 Å². The average Bonchev–Trinajstić information content (AvgIpc) is 2.90. The molecule has 1 atom stereocenters. The molecule has 5 heteroatoms. The number of rotatable bonds is 6. The van der Waals surface area contributed by atoms with Crippen LogP contribution in [0, 0.1) is 11.3 Å². The van der Waals surface area contributed by atoms with Crippen LogP contribution >= 0.6 is 0 Å². The maximum Gasteiger partial charge on any atom is 0.263 e. The average molecular weight is 251 g/mol. The van der Waals surface area contributed by atoms with E-state index >= 15 is 0 Å². The Bertz CT molecular complexity index is 337. The first-order chi connectivity index (χ1) is 8.71. The van der Waals surface area contributed by atoms with Crippen LogP contribution in [0.15, 0.2) is 11.8 Å². The molecule has 1 rings (SSSR count). The van der Waals surface area contributed by atoms with Crippen LogP contribution < -0.4 is 5.32 Å².